The van der Waals surface area contributed by atoms with Gasteiger partial charge in [0.05, 0.1) is 12.3 Å². The fraction of sp³-hybridized carbons (Fsp3) is 0.345. The molecule has 0 fully saturated rings. The average Bonchev–Trinajstić information content (AvgIpc) is 3.53. The highest BCUT2D eigenvalue weighted by Crippen LogP contribution is 2.40. The highest BCUT2D eigenvalue weighted by molar-refractivity contribution is 7.16. The summed E-state index contributed by atoms with van der Waals surface area (Å²) in [5.74, 6) is 0.230. The molecular weight excluding hydrogens is 502 g/mol. The molecule has 1 N–H and O–H groups in total. The van der Waals surface area contributed by atoms with Gasteiger partial charge in [0.1, 0.15) is 17.1 Å². The van der Waals surface area contributed by atoms with Gasteiger partial charge in [-0.25, -0.2) is 14.8 Å². The molecule has 0 spiro atoms. The zero-order valence-corrected chi connectivity index (χ0v) is 23.8. The number of rotatable bonds is 9. The molecule has 4 aromatic rings. The fourth-order valence-corrected chi connectivity index (χ4v) is 6.20. The molecule has 37 heavy (non-hydrogen) atoms. The smallest absolute Gasteiger partial charge is 0.339 e. The molecule has 6 nitrogen and oxygen atoms in total. The van der Waals surface area contributed by atoms with Gasteiger partial charge in [-0.3, -0.25) is 0 Å². The molecule has 194 valence electrons. The Hall–Kier alpha value is -3.23. The fourth-order valence-electron chi connectivity index (χ4n) is 4.14. The number of aromatic carboxylic acids is 1. The molecule has 0 amide bonds. The third-order valence-corrected chi connectivity index (χ3v) is 7.96. The van der Waals surface area contributed by atoms with Crippen LogP contribution in [0.4, 0.5) is 10.9 Å². The van der Waals surface area contributed by atoms with Crippen LogP contribution < -0.4 is 9.64 Å². The molecular formula is C29H33N3O3S2. The predicted octanol–water partition coefficient (Wildman–Crippen LogP) is 7.95. The topological polar surface area (TPSA) is 75.5 Å². The van der Waals surface area contributed by atoms with E-state index in [0.717, 1.165) is 50.7 Å². The van der Waals surface area contributed by atoms with Gasteiger partial charge in [0.15, 0.2) is 5.13 Å². The summed E-state index contributed by atoms with van der Waals surface area (Å²) >= 11 is 3.13. The second-order valence-corrected chi connectivity index (χ2v) is 12.1. The Kier molecular flexibility index (Phi) is 7.99. The molecule has 8 heteroatoms. The van der Waals surface area contributed by atoms with Crippen LogP contribution in [0.2, 0.25) is 0 Å². The van der Waals surface area contributed by atoms with Crippen LogP contribution in [0.15, 0.2) is 48.0 Å². The molecule has 0 radical (unpaired) electrons. The molecule has 1 aromatic carbocycles. The third kappa shape index (κ3) is 6.02. The van der Waals surface area contributed by atoms with E-state index >= 15 is 0 Å². The Morgan fingerprint density at radius 2 is 1.92 bits per heavy atom. The Morgan fingerprint density at radius 3 is 2.54 bits per heavy atom. The van der Waals surface area contributed by atoms with E-state index in [0.29, 0.717) is 17.6 Å². The number of aromatic nitrogens is 2. The van der Waals surface area contributed by atoms with Crippen molar-refractivity contribution in [2.24, 2.45) is 5.41 Å². The number of carboxylic acid groups (broad SMARTS) is 1. The summed E-state index contributed by atoms with van der Waals surface area (Å²) in [6.07, 6.45) is 3.46. The van der Waals surface area contributed by atoms with Gasteiger partial charge in [-0.1, -0.05) is 45.9 Å². The van der Waals surface area contributed by atoms with Crippen molar-refractivity contribution in [2.75, 3.05) is 18.6 Å². The van der Waals surface area contributed by atoms with Gasteiger partial charge in [-0.15, -0.1) is 22.7 Å². The number of nitrogens with zero attached hydrogens (tertiary/aromatic N) is 3. The summed E-state index contributed by atoms with van der Waals surface area (Å²) < 4.78 is 5.93. The number of anilines is 2. The maximum Gasteiger partial charge on any atom is 0.339 e. The van der Waals surface area contributed by atoms with Crippen molar-refractivity contribution in [3.05, 3.63) is 64.0 Å². The normalized spacial score (nSPS) is 11.5. The maximum atomic E-state index is 12.2. The summed E-state index contributed by atoms with van der Waals surface area (Å²) in [4.78, 5) is 25.7. The van der Waals surface area contributed by atoms with Gasteiger partial charge >= 0.3 is 5.97 Å². The van der Waals surface area contributed by atoms with E-state index in [1.54, 1.807) is 39.8 Å². The Balaban J connectivity index is 1.79. The lowest BCUT2D eigenvalue weighted by Gasteiger charge is -2.18. The first-order valence-corrected chi connectivity index (χ1v) is 14.1. The second-order valence-electron chi connectivity index (χ2n) is 10.1. The van der Waals surface area contributed by atoms with Crippen LogP contribution in [-0.4, -0.2) is 34.7 Å². The third-order valence-electron chi connectivity index (χ3n) is 5.91. The second kappa shape index (κ2) is 11.0. The van der Waals surface area contributed by atoms with Crippen LogP contribution in [0.5, 0.6) is 5.75 Å². The number of thiazole rings is 1. The van der Waals surface area contributed by atoms with E-state index in [-0.39, 0.29) is 11.0 Å². The van der Waals surface area contributed by atoms with E-state index in [2.05, 4.69) is 50.9 Å². The van der Waals surface area contributed by atoms with Crippen LogP contribution in [0.3, 0.4) is 0 Å². The molecule has 0 saturated carbocycles. The number of thiophene rings is 1. The minimum Gasteiger partial charge on any atom is -0.494 e. The first kappa shape index (κ1) is 26.8. The van der Waals surface area contributed by atoms with E-state index in [9.17, 15) is 9.90 Å². The van der Waals surface area contributed by atoms with Crippen molar-refractivity contribution in [3.8, 4) is 27.4 Å². The number of hydrogen-bond acceptors (Lipinski definition) is 7. The van der Waals surface area contributed by atoms with Crippen LogP contribution in [0, 0.1) is 5.41 Å². The molecule has 0 aliphatic carbocycles. The summed E-state index contributed by atoms with van der Waals surface area (Å²) in [5, 5.41) is 12.7. The monoisotopic (exact) mass is 535 g/mol. The molecule has 0 saturated heterocycles. The maximum absolute atomic E-state index is 12.2. The van der Waals surface area contributed by atoms with Gasteiger partial charge in [-0.05, 0) is 54.3 Å². The lowest BCUT2D eigenvalue weighted by atomic mass is 9.90. The summed E-state index contributed by atoms with van der Waals surface area (Å²) in [6.45, 7) is 11.3. The molecule has 3 heterocycles. The minimum absolute atomic E-state index is 0.0516. The molecule has 0 unspecified atom stereocenters. The Labute approximate surface area is 226 Å². The van der Waals surface area contributed by atoms with Gasteiger partial charge in [0, 0.05) is 34.1 Å². The number of hydrogen-bond donors (Lipinski definition) is 1. The Morgan fingerprint density at radius 1 is 1.14 bits per heavy atom. The zero-order valence-electron chi connectivity index (χ0n) is 22.2. The van der Waals surface area contributed by atoms with Gasteiger partial charge in [0.2, 0.25) is 0 Å². The zero-order chi connectivity index (χ0) is 26.7. The van der Waals surface area contributed by atoms with E-state index < -0.39 is 5.97 Å². The quantitative estimate of drug-likeness (QED) is 0.234. The van der Waals surface area contributed by atoms with Gasteiger partial charge in [-0.2, -0.15) is 0 Å². The van der Waals surface area contributed by atoms with Crippen molar-refractivity contribution in [2.45, 2.75) is 47.5 Å². The number of aryl methyl sites for hydroxylation is 1. The van der Waals surface area contributed by atoms with E-state index in [1.807, 2.05) is 31.5 Å². The highest BCUT2D eigenvalue weighted by Gasteiger charge is 2.25. The summed E-state index contributed by atoms with van der Waals surface area (Å²) in [6, 6.07) is 11.9. The van der Waals surface area contributed by atoms with Crippen molar-refractivity contribution in [1.82, 2.24) is 9.97 Å². The first-order chi connectivity index (χ1) is 17.6. The van der Waals surface area contributed by atoms with Crippen molar-refractivity contribution >= 4 is 39.6 Å². The molecule has 3 aromatic heterocycles. The van der Waals surface area contributed by atoms with Crippen LogP contribution in [-0.2, 0) is 12.8 Å². The number of benzene rings is 1. The van der Waals surface area contributed by atoms with Crippen LogP contribution >= 0.6 is 22.7 Å². The summed E-state index contributed by atoms with van der Waals surface area (Å²) in [5.41, 5.74) is 4.05. The molecule has 0 aliphatic heterocycles. The number of carboxylic acids is 1. The van der Waals surface area contributed by atoms with E-state index in [1.165, 1.54) is 0 Å². The lowest BCUT2D eigenvalue weighted by molar-refractivity contribution is 0.0697. The number of pyridine rings is 1. The molecule has 0 atom stereocenters. The van der Waals surface area contributed by atoms with Crippen LogP contribution in [0.25, 0.3) is 21.7 Å². The SMILES string of the molecule is CCOc1cc(-c2nc(N(C)c3ncc(-c4cccs4)cc3C(=O)O)sc2CC(C)(C)C)ccc1CC. The average molecular weight is 536 g/mol. The van der Waals surface area contributed by atoms with E-state index in [4.69, 9.17) is 9.72 Å². The van der Waals surface area contributed by atoms with Crippen LogP contribution in [0.1, 0.15) is 55.4 Å². The van der Waals surface area contributed by atoms with Crippen molar-refractivity contribution < 1.29 is 14.6 Å². The minimum atomic E-state index is -1.02. The predicted molar refractivity (Wildman–Crippen MR) is 154 cm³/mol. The highest BCUT2D eigenvalue weighted by atomic mass is 32.1. The lowest BCUT2D eigenvalue weighted by Crippen LogP contribution is -2.15. The number of ether oxygens (including phenoxy) is 1. The molecule has 0 bridgehead atoms. The standard InChI is InChI=1S/C29H33N3O3S2/c1-7-18-11-12-19(15-22(18)35-8-2)25-24(16-29(3,4)5)37-28(31-25)32(6)26-21(27(33)34)14-20(17-30-26)23-10-9-13-36-23/h9-15,17H,7-8,16H2,1-6H3,(H,33,34). The molecule has 0 aliphatic rings. The summed E-state index contributed by atoms with van der Waals surface area (Å²) in [7, 11) is 1.83. The van der Waals surface area contributed by atoms with Gasteiger partial charge in [0.25, 0.3) is 0 Å². The van der Waals surface area contributed by atoms with Gasteiger partial charge < -0.3 is 14.7 Å². The largest absolute Gasteiger partial charge is 0.494 e. The Bertz CT molecular complexity index is 1390. The van der Waals surface area contributed by atoms with Crippen molar-refractivity contribution in [1.29, 1.82) is 0 Å². The first-order valence-electron chi connectivity index (χ1n) is 12.4. The number of carbonyl (C=O) groups is 1. The molecule has 4 rings (SSSR count). The van der Waals surface area contributed by atoms with Crippen molar-refractivity contribution in [3.63, 3.8) is 0 Å².